The molecular weight excluding hydrogens is 166 g/mol. The predicted octanol–water partition coefficient (Wildman–Crippen LogP) is 1.39. The van der Waals surface area contributed by atoms with Gasteiger partial charge in [0.2, 0.25) is 5.78 Å². The first-order chi connectivity index (χ1) is 6.02. The summed E-state index contributed by atoms with van der Waals surface area (Å²) in [5, 5.41) is 0. The standard InChI is InChI=1S/C10H17NO2/c1-5-11(6-2)10(13)9(12)7-8(3)4/h7H,5-6H2,1-4H3. The second-order valence-electron chi connectivity index (χ2n) is 3.06. The van der Waals surface area contributed by atoms with Crippen LogP contribution in [-0.4, -0.2) is 29.7 Å². The number of hydrogen-bond acceptors (Lipinski definition) is 2. The number of ketones is 1. The Labute approximate surface area is 79.4 Å². The molecular formula is C10H17NO2. The molecule has 3 heteroatoms. The summed E-state index contributed by atoms with van der Waals surface area (Å²) in [6.07, 6.45) is 1.38. The lowest BCUT2D eigenvalue weighted by molar-refractivity contribution is -0.142. The van der Waals surface area contributed by atoms with Gasteiger partial charge in [-0.2, -0.15) is 0 Å². The van der Waals surface area contributed by atoms with E-state index in [2.05, 4.69) is 0 Å². The topological polar surface area (TPSA) is 37.4 Å². The van der Waals surface area contributed by atoms with Gasteiger partial charge in [0.1, 0.15) is 0 Å². The minimum atomic E-state index is -0.427. The van der Waals surface area contributed by atoms with Crippen LogP contribution in [0.25, 0.3) is 0 Å². The minimum absolute atomic E-state index is 0.411. The van der Waals surface area contributed by atoms with Crippen LogP contribution in [0.1, 0.15) is 27.7 Å². The Bertz CT molecular complexity index is 223. The molecule has 0 saturated carbocycles. The molecule has 0 heterocycles. The Morgan fingerprint density at radius 1 is 1.15 bits per heavy atom. The molecule has 13 heavy (non-hydrogen) atoms. The van der Waals surface area contributed by atoms with Gasteiger partial charge in [0.25, 0.3) is 5.91 Å². The predicted molar refractivity (Wildman–Crippen MR) is 52.4 cm³/mol. The Balaban J connectivity index is 4.42. The fourth-order valence-corrected chi connectivity index (χ4v) is 0.991. The molecule has 0 spiro atoms. The largest absolute Gasteiger partial charge is 0.336 e. The first-order valence-electron chi connectivity index (χ1n) is 4.51. The molecule has 0 aliphatic heterocycles. The van der Waals surface area contributed by atoms with Crippen molar-refractivity contribution in [2.75, 3.05) is 13.1 Å². The van der Waals surface area contributed by atoms with Gasteiger partial charge >= 0.3 is 0 Å². The van der Waals surface area contributed by atoms with Crippen molar-refractivity contribution in [3.63, 3.8) is 0 Å². The summed E-state index contributed by atoms with van der Waals surface area (Å²) in [6.45, 7) is 8.48. The molecule has 0 aliphatic carbocycles. The van der Waals surface area contributed by atoms with E-state index < -0.39 is 11.7 Å². The summed E-state index contributed by atoms with van der Waals surface area (Å²) in [7, 11) is 0. The normalized spacial score (nSPS) is 9.23. The van der Waals surface area contributed by atoms with Crippen molar-refractivity contribution in [1.82, 2.24) is 4.90 Å². The highest BCUT2D eigenvalue weighted by Crippen LogP contribution is 1.95. The molecule has 1 amide bonds. The van der Waals surface area contributed by atoms with Gasteiger partial charge in [-0.1, -0.05) is 5.57 Å². The minimum Gasteiger partial charge on any atom is -0.336 e. The van der Waals surface area contributed by atoms with E-state index in [9.17, 15) is 9.59 Å². The van der Waals surface area contributed by atoms with Crippen LogP contribution in [0.15, 0.2) is 11.6 Å². The highest BCUT2D eigenvalue weighted by atomic mass is 16.2. The van der Waals surface area contributed by atoms with Gasteiger partial charge in [-0.15, -0.1) is 0 Å². The lowest BCUT2D eigenvalue weighted by Gasteiger charge is -2.16. The van der Waals surface area contributed by atoms with Crippen LogP contribution in [0.5, 0.6) is 0 Å². The number of rotatable bonds is 4. The van der Waals surface area contributed by atoms with Crippen molar-refractivity contribution < 1.29 is 9.59 Å². The van der Waals surface area contributed by atoms with Gasteiger partial charge in [-0.25, -0.2) is 0 Å². The maximum Gasteiger partial charge on any atom is 0.294 e. The van der Waals surface area contributed by atoms with Crippen molar-refractivity contribution >= 4 is 11.7 Å². The lowest BCUT2D eigenvalue weighted by atomic mass is 10.2. The van der Waals surface area contributed by atoms with E-state index in [0.29, 0.717) is 13.1 Å². The van der Waals surface area contributed by atoms with Gasteiger partial charge in [0.15, 0.2) is 0 Å². The summed E-state index contributed by atoms with van der Waals surface area (Å²) in [5.41, 5.74) is 0.852. The smallest absolute Gasteiger partial charge is 0.294 e. The monoisotopic (exact) mass is 183 g/mol. The van der Waals surface area contributed by atoms with E-state index in [4.69, 9.17) is 0 Å². The maximum atomic E-state index is 11.4. The fraction of sp³-hybridized carbons (Fsp3) is 0.600. The Morgan fingerprint density at radius 3 is 1.92 bits per heavy atom. The first-order valence-corrected chi connectivity index (χ1v) is 4.51. The molecule has 3 nitrogen and oxygen atoms in total. The van der Waals surface area contributed by atoms with Crippen LogP contribution >= 0.6 is 0 Å². The Morgan fingerprint density at radius 2 is 1.62 bits per heavy atom. The highest BCUT2D eigenvalue weighted by Gasteiger charge is 2.16. The molecule has 0 aromatic rings. The number of carbonyl (C=O) groups excluding carboxylic acids is 2. The second kappa shape index (κ2) is 5.51. The second-order valence-corrected chi connectivity index (χ2v) is 3.06. The summed E-state index contributed by atoms with van der Waals surface area (Å²) in [4.78, 5) is 24.1. The molecule has 0 atom stereocenters. The Hall–Kier alpha value is -1.12. The van der Waals surface area contributed by atoms with Crippen molar-refractivity contribution in [2.24, 2.45) is 0 Å². The number of amides is 1. The van der Waals surface area contributed by atoms with Gasteiger partial charge in [0.05, 0.1) is 0 Å². The number of nitrogens with zero attached hydrogens (tertiary/aromatic N) is 1. The third-order valence-electron chi connectivity index (χ3n) is 1.68. The lowest BCUT2D eigenvalue weighted by Crippen LogP contribution is -2.35. The van der Waals surface area contributed by atoms with Crippen LogP contribution in [-0.2, 0) is 9.59 Å². The van der Waals surface area contributed by atoms with Crippen molar-refractivity contribution in [3.05, 3.63) is 11.6 Å². The zero-order valence-corrected chi connectivity index (χ0v) is 8.76. The van der Waals surface area contributed by atoms with Crippen LogP contribution in [0.2, 0.25) is 0 Å². The maximum absolute atomic E-state index is 11.4. The summed E-state index contributed by atoms with van der Waals surface area (Å²) >= 11 is 0. The van der Waals surface area contributed by atoms with Crippen LogP contribution in [0.3, 0.4) is 0 Å². The zero-order valence-electron chi connectivity index (χ0n) is 8.76. The average Bonchev–Trinajstić information content (AvgIpc) is 2.05. The molecule has 0 N–H and O–H groups in total. The molecule has 0 bridgehead atoms. The summed E-state index contributed by atoms with van der Waals surface area (Å²) < 4.78 is 0. The van der Waals surface area contributed by atoms with Crippen LogP contribution < -0.4 is 0 Å². The summed E-state index contributed by atoms with van der Waals surface area (Å²) in [6, 6.07) is 0. The SMILES string of the molecule is CCN(CC)C(=O)C(=O)C=C(C)C. The van der Waals surface area contributed by atoms with Crippen LogP contribution in [0.4, 0.5) is 0 Å². The number of likely N-dealkylation sites (N-methyl/N-ethyl adjacent to an activating group) is 1. The van der Waals surface area contributed by atoms with Crippen molar-refractivity contribution in [2.45, 2.75) is 27.7 Å². The molecule has 0 aromatic carbocycles. The molecule has 0 saturated heterocycles. The summed E-state index contributed by atoms with van der Waals surface area (Å²) in [5.74, 6) is -0.838. The van der Waals surface area contributed by atoms with Gasteiger partial charge in [-0.3, -0.25) is 9.59 Å². The number of hydrogen-bond donors (Lipinski definition) is 0. The van der Waals surface area contributed by atoms with E-state index in [1.807, 2.05) is 13.8 Å². The first kappa shape index (κ1) is 11.9. The molecule has 74 valence electrons. The number of carbonyl (C=O) groups is 2. The fourth-order valence-electron chi connectivity index (χ4n) is 0.991. The van der Waals surface area contributed by atoms with Crippen LogP contribution in [0, 0.1) is 0 Å². The van der Waals surface area contributed by atoms with Gasteiger partial charge < -0.3 is 4.90 Å². The van der Waals surface area contributed by atoms with Crippen molar-refractivity contribution in [1.29, 1.82) is 0 Å². The van der Waals surface area contributed by atoms with Gasteiger partial charge in [0, 0.05) is 13.1 Å². The van der Waals surface area contributed by atoms with E-state index in [1.165, 1.54) is 11.0 Å². The molecule has 0 radical (unpaired) electrons. The van der Waals surface area contributed by atoms with E-state index in [-0.39, 0.29) is 0 Å². The van der Waals surface area contributed by atoms with E-state index in [1.54, 1.807) is 13.8 Å². The highest BCUT2D eigenvalue weighted by molar-refractivity contribution is 6.40. The quantitative estimate of drug-likeness (QED) is 0.488. The van der Waals surface area contributed by atoms with Gasteiger partial charge in [-0.05, 0) is 33.8 Å². The Kier molecular flexibility index (Phi) is 5.04. The number of allylic oxidation sites excluding steroid dienone is 1. The third-order valence-corrected chi connectivity index (χ3v) is 1.68. The third kappa shape index (κ3) is 3.87. The molecule has 0 fully saturated rings. The zero-order chi connectivity index (χ0) is 10.4. The molecule has 0 aliphatic rings. The molecule has 0 rings (SSSR count). The van der Waals surface area contributed by atoms with E-state index in [0.717, 1.165) is 5.57 Å². The molecule has 0 unspecified atom stereocenters. The van der Waals surface area contributed by atoms with E-state index >= 15 is 0 Å². The average molecular weight is 183 g/mol. The molecule has 0 aromatic heterocycles. The van der Waals surface area contributed by atoms with Crippen molar-refractivity contribution in [3.8, 4) is 0 Å².